The third-order valence-corrected chi connectivity index (χ3v) is 3.10. The molecule has 1 amide bonds. The van der Waals surface area contributed by atoms with Gasteiger partial charge in [0.25, 0.3) is 0 Å². The van der Waals surface area contributed by atoms with Gasteiger partial charge in [-0.15, -0.1) is 0 Å². The molecule has 4 heteroatoms. The maximum absolute atomic E-state index is 11.8. The van der Waals surface area contributed by atoms with Gasteiger partial charge in [-0.05, 0) is 32.8 Å². The number of nitrogens with zero attached hydrogens (tertiary/aromatic N) is 3. The number of likely N-dealkylation sites (tertiary alicyclic amines) is 1. The number of carbonyl (C=O) groups is 1. The summed E-state index contributed by atoms with van der Waals surface area (Å²) in [5.74, 6) is 0.269. The fourth-order valence-electron chi connectivity index (χ4n) is 2.23. The molecule has 0 saturated carbocycles. The van der Waals surface area contributed by atoms with Gasteiger partial charge in [-0.1, -0.05) is 0 Å². The summed E-state index contributed by atoms with van der Waals surface area (Å²) in [4.78, 5) is 13.8. The van der Waals surface area contributed by atoms with Gasteiger partial charge in [-0.25, -0.2) is 0 Å². The molecule has 4 nitrogen and oxygen atoms in total. The summed E-state index contributed by atoms with van der Waals surface area (Å²) in [5, 5.41) is 4.35. The van der Waals surface area contributed by atoms with Crippen molar-refractivity contribution in [3.8, 4) is 0 Å². The van der Waals surface area contributed by atoms with E-state index in [1.54, 1.807) is 0 Å². The zero-order valence-electron chi connectivity index (χ0n) is 10.1. The van der Waals surface area contributed by atoms with Crippen LogP contribution in [0.4, 0.5) is 0 Å². The number of aromatic nitrogens is 2. The van der Waals surface area contributed by atoms with Crippen molar-refractivity contribution in [2.24, 2.45) is 0 Å². The fraction of sp³-hybridized carbons (Fsp3) is 0.667. The van der Waals surface area contributed by atoms with Crippen molar-refractivity contribution < 1.29 is 4.79 Å². The Morgan fingerprint density at radius 3 is 2.62 bits per heavy atom. The van der Waals surface area contributed by atoms with Gasteiger partial charge in [-0.2, -0.15) is 5.10 Å². The second-order valence-electron chi connectivity index (χ2n) is 4.49. The minimum absolute atomic E-state index is 0.269. The minimum Gasteiger partial charge on any atom is -0.343 e. The van der Waals surface area contributed by atoms with Crippen LogP contribution in [-0.2, 0) is 11.3 Å². The molecule has 0 N–H and O–H groups in total. The molecule has 0 spiro atoms. The Morgan fingerprint density at radius 2 is 2.06 bits per heavy atom. The maximum atomic E-state index is 11.8. The normalized spacial score (nSPS) is 15.8. The number of hydrogen-bond acceptors (Lipinski definition) is 2. The highest BCUT2D eigenvalue weighted by molar-refractivity contribution is 5.76. The smallest absolute Gasteiger partial charge is 0.224 e. The molecule has 88 valence electrons. The van der Waals surface area contributed by atoms with Crippen molar-refractivity contribution in [3.05, 3.63) is 17.5 Å². The van der Waals surface area contributed by atoms with Gasteiger partial charge >= 0.3 is 0 Å². The van der Waals surface area contributed by atoms with Crippen LogP contribution in [0.3, 0.4) is 0 Å². The van der Waals surface area contributed by atoms with E-state index in [1.807, 2.05) is 29.5 Å². The van der Waals surface area contributed by atoms with Crippen molar-refractivity contribution in [2.45, 2.75) is 39.7 Å². The molecule has 0 atom stereocenters. The zero-order chi connectivity index (χ0) is 11.5. The summed E-state index contributed by atoms with van der Waals surface area (Å²) in [7, 11) is 0. The maximum Gasteiger partial charge on any atom is 0.224 e. The van der Waals surface area contributed by atoms with Crippen molar-refractivity contribution in [2.75, 3.05) is 13.1 Å². The molecule has 1 aromatic rings. The van der Waals surface area contributed by atoms with E-state index in [2.05, 4.69) is 5.10 Å². The second-order valence-corrected chi connectivity index (χ2v) is 4.49. The first-order valence-corrected chi connectivity index (χ1v) is 5.95. The van der Waals surface area contributed by atoms with Gasteiger partial charge in [0.1, 0.15) is 0 Å². The molecule has 0 aliphatic carbocycles. The Balaban J connectivity index is 1.87. The predicted molar refractivity (Wildman–Crippen MR) is 62.1 cm³/mol. The third kappa shape index (κ3) is 2.43. The first kappa shape index (κ1) is 11.2. The molecular formula is C12H19N3O. The van der Waals surface area contributed by atoms with Gasteiger partial charge in [0.05, 0.1) is 5.69 Å². The number of amides is 1. The standard InChI is InChI=1S/C12H19N3O/c1-10-9-11(2)15(13-10)8-5-12(16)14-6-3-4-7-14/h9H,3-8H2,1-2H3. The Hall–Kier alpha value is -1.32. The molecule has 0 radical (unpaired) electrons. The molecule has 1 fully saturated rings. The van der Waals surface area contributed by atoms with Gasteiger partial charge in [-0.3, -0.25) is 9.48 Å². The van der Waals surface area contributed by atoms with Crippen LogP contribution in [0.15, 0.2) is 6.07 Å². The van der Waals surface area contributed by atoms with Crippen molar-refractivity contribution in [3.63, 3.8) is 0 Å². The summed E-state index contributed by atoms with van der Waals surface area (Å²) in [6.45, 7) is 6.59. The van der Waals surface area contributed by atoms with Crippen molar-refractivity contribution in [1.82, 2.24) is 14.7 Å². The lowest BCUT2D eigenvalue weighted by Crippen LogP contribution is -2.28. The largest absolute Gasteiger partial charge is 0.343 e. The monoisotopic (exact) mass is 221 g/mol. The molecule has 2 rings (SSSR count). The lowest BCUT2D eigenvalue weighted by Gasteiger charge is -2.15. The van der Waals surface area contributed by atoms with Crippen molar-refractivity contribution >= 4 is 5.91 Å². The highest BCUT2D eigenvalue weighted by atomic mass is 16.2. The van der Waals surface area contributed by atoms with Crippen molar-refractivity contribution in [1.29, 1.82) is 0 Å². The summed E-state index contributed by atoms with van der Waals surface area (Å²) in [5.41, 5.74) is 2.15. The quantitative estimate of drug-likeness (QED) is 0.776. The Bertz CT molecular complexity index is 378. The van der Waals surface area contributed by atoms with E-state index >= 15 is 0 Å². The number of carbonyl (C=O) groups excluding carboxylic acids is 1. The van der Waals surface area contributed by atoms with E-state index in [4.69, 9.17) is 0 Å². The van der Waals surface area contributed by atoms with E-state index in [0.717, 1.165) is 37.3 Å². The molecule has 1 aliphatic heterocycles. The second kappa shape index (κ2) is 4.68. The highest BCUT2D eigenvalue weighted by Gasteiger charge is 2.17. The first-order valence-electron chi connectivity index (χ1n) is 5.95. The molecule has 16 heavy (non-hydrogen) atoms. The molecule has 0 unspecified atom stereocenters. The zero-order valence-corrected chi connectivity index (χ0v) is 10.1. The van der Waals surface area contributed by atoms with Gasteiger partial charge < -0.3 is 4.90 Å². The van der Waals surface area contributed by atoms with Crippen LogP contribution in [0.25, 0.3) is 0 Å². The van der Waals surface area contributed by atoms with E-state index in [9.17, 15) is 4.79 Å². The average Bonchev–Trinajstić information content (AvgIpc) is 2.84. The SMILES string of the molecule is Cc1cc(C)n(CCC(=O)N2CCCC2)n1. The van der Waals surface area contributed by atoms with Crippen LogP contribution in [0.5, 0.6) is 0 Å². The van der Waals surface area contributed by atoms with Crippen LogP contribution in [0.2, 0.25) is 0 Å². The first-order chi connectivity index (χ1) is 7.66. The number of rotatable bonds is 3. The lowest BCUT2D eigenvalue weighted by atomic mass is 10.3. The molecule has 1 aliphatic rings. The van der Waals surface area contributed by atoms with Crippen LogP contribution in [0, 0.1) is 13.8 Å². The predicted octanol–water partition coefficient (Wildman–Crippen LogP) is 1.51. The lowest BCUT2D eigenvalue weighted by molar-refractivity contribution is -0.130. The van der Waals surface area contributed by atoms with Crippen LogP contribution < -0.4 is 0 Å². The van der Waals surface area contributed by atoms with Crippen LogP contribution in [-0.4, -0.2) is 33.7 Å². The van der Waals surface area contributed by atoms with E-state index in [1.165, 1.54) is 0 Å². The van der Waals surface area contributed by atoms with E-state index < -0.39 is 0 Å². The van der Waals surface area contributed by atoms with Gasteiger partial charge in [0, 0.05) is 31.7 Å². The molecule has 0 aromatic carbocycles. The van der Waals surface area contributed by atoms with Crippen LogP contribution >= 0.6 is 0 Å². The topological polar surface area (TPSA) is 38.1 Å². The Labute approximate surface area is 96.2 Å². The van der Waals surface area contributed by atoms with E-state index in [0.29, 0.717) is 13.0 Å². The Morgan fingerprint density at radius 1 is 1.38 bits per heavy atom. The fourth-order valence-corrected chi connectivity index (χ4v) is 2.23. The van der Waals surface area contributed by atoms with Gasteiger partial charge in [0.2, 0.25) is 5.91 Å². The Kier molecular flexibility index (Phi) is 3.27. The molecule has 1 saturated heterocycles. The molecule has 2 heterocycles. The number of hydrogen-bond donors (Lipinski definition) is 0. The summed E-state index contributed by atoms with van der Waals surface area (Å²) in [6, 6.07) is 2.04. The van der Waals surface area contributed by atoms with Gasteiger partial charge in [0.15, 0.2) is 0 Å². The van der Waals surface area contributed by atoms with E-state index in [-0.39, 0.29) is 5.91 Å². The summed E-state index contributed by atoms with van der Waals surface area (Å²) >= 11 is 0. The molecular weight excluding hydrogens is 202 g/mol. The molecule has 0 bridgehead atoms. The number of aryl methyl sites for hydroxylation is 3. The van der Waals surface area contributed by atoms with Crippen LogP contribution in [0.1, 0.15) is 30.7 Å². The summed E-state index contributed by atoms with van der Waals surface area (Å²) < 4.78 is 1.92. The highest BCUT2D eigenvalue weighted by Crippen LogP contribution is 2.10. The third-order valence-electron chi connectivity index (χ3n) is 3.10. The average molecular weight is 221 g/mol. The summed E-state index contributed by atoms with van der Waals surface area (Å²) in [6.07, 6.45) is 2.89. The molecule has 1 aromatic heterocycles. The minimum atomic E-state index is 0.269.